The zero-order valence-electron chi connectivity index (χ0n) is 18.9. The highest BCUT2D eigenvalue weighted by atomic mass is 16.6. The first kappa shape index (κ1) is 23.8. The summed E-state index contributed by atoms with van der Waals surface area (Å²) in [6.45, 7) is 0. The van der Waals surface area contributed by atoms with Crippen LogP contribution in [0, 0.1) is 20.2 Å². The summed E-state index contributed by atoms with van der Waals surface area (Å²) in [7, 11) is 0. The van der Waals surface area contributed by atoms with Crippen LogP contribution >= 0.6 is 0 Å². The Hall–Kier alpha value is -4.36. The van der Waals surface area contributed by atoms with Crippen molar-refractivity contribution in [3.05, 3.63) is 152 Å². The molecule has 35 heavy (non-hydrogen) atoms. The highest BCUT2D eigenvalue weighted by molar-refractivity contribution is 5.35. The van der Waals surface area contributed by atoms with Crippen LogP contribution in [0.3, 0.4) is 0 Å². The maximum absolute atomic E-state index is 11.0. The number of non-ortho nitro benzene ring substituents is 2. The minimum Gasteiger partial charge on any atom is -0.365 e. The Morgan fingerprint density at radius 1 is 0.543 bits per heavy atom. The largest absolute Gasteiger partial charge is 0.365 e. The molecule has 0 aliphatic carbocycles. The van der Waals surface area contributed by atoms with Crippen molar-refractivity contribution in [2.24, 2.45) is 0 Å². The van der Waals surface area contributed by atoms with Gasteiger partial charge >= 0.3 is 0 Å². The summed E-state index contributed by atoms with van der Waals surface area (Å²) in [6, 6.07) is 32.7. The van der Waals surface area contributed by atoms with E-state index in [0.29, 0.717) is 12.8 Å². The third-order valence-electron chi connectivity index (χ3n) is 5.81. The number of nitro groups is 2. The molecule has 4 rings (SSSR count). The van der Waals surface area contributed by atoms with E-state index < -0.39 is 9.85 Å². The molecular formula is C28H24N2O5. The monoisotopic (exact) mass is 468 g/mol. The van der Waals surface area contributed by atoms with Gasteiger partial charge in [0, 0.05) is 37.1 Å². The molecule has 0 N–H and O–H groups in total. The van der Waals surface area contributed by atoms with Gasteiger partial charge in [0.15, 0.2) is 0 Å². The molecule has 0 bridgehead atoms. The van der Waals surface area contributed by atoms with E-state index >= 15 is 0 Å². The summed E-state index contributed by atoms with van der Waals surface area (Å²) in [6.07, 6.45) is 0.457. The predicted octanol–water partition coefficient (Wildman–Crippen LogP) is 6.79. The quantitative estimate of drug-likeness (QED) is 0.189. The molecule has 4 aromatic rings. The number of nitro benzene ring substituents is 2. The molecule has 0 aliphatic heterocycles. The summed E-state index contributed by atoms with van der Waals surface area (Å²) >= 11 is 0. The zero-order valence-corrected chi connectivity index (χ0v) is 18.9. The highest BCUT2D eigenvalue weighted by Crippen LogP contribution is 2.32. The van der Waals surface area contributed by atoms with Crippen molar-refractivity contribution in [3.63, 3.8) is 0 Å². The molecule has 7 nitrogen and oxygen atoms in total. The Labute approximate surface area is 202 Å². The predicted molar refractivity (Wildman–Crippen MR) is 133 cm³/mol. The maximum Gasteiger partial charge on any atom is 0.269 e. The second-order valence-electron chi connectivity index (χ2n) is 8.19. The SMILES string of the molecule is O=[N+]([O-])c1ccc(CC(OC(Cc2ccc([N+](=O)[O-])cc2)c2ccccc2)c2ccccc2)cc1. The lowest BCUT2D eigenvalue weighted by atomic mass is 9.98. The van der Waals surface area contributed by atoms with Crippen molar-refractivity contribution in [1.29, 1.82) is 0 Å². The van der Waals surface area contributed by atoms with Gasteiger partial charge in [-0.15, -0.1) is 0 Å². The molecule has 0 aromatic heterocycles. The number of hydrogen-bond acceptors (Lipinski definition) is 5. The van der Waals surface area contributed by atoms with Gasteiger partial charge in [-0.3, -0.25) is 20.2 Å². The van der Waals surface area contributed by atoms with Crippen molar-refractivity contribution in [3.8, 4) is 0 Å². The van der Waals surface area contributed by atoms with Crippen LogP contribution in [-0.4, -0.2) is 9.85 Å². The first-order valence-corrected chi connectivity index (χ1v) is 11.2. The second kappa shape index (κ2) is 11.2. The van der Waals surface area contributed by atoms with Gasteiger partial charge in [0.1, 0.15) is 0 Å². The average molecular weight is 469 g/mol. The highest BCUT2D eigenvalue weighted by Gasteiger charge is 2.22. The number of nitrogens with zero attached hydrogens (tertiary/aromatic N) is 2. The van der Waals surface area contributed by atoms with E-state index in [1.807, 2.05) is 60.7 Å². The lowest BCUT2D eigenvalue weighted by Gasteiger charge is -2.26. The Kier molecular flexibility index (Phi) is 7.60. The van der Waals surface area contributed by atoms with Gasteiger partial charge in [-0.1, -0.05) is 84.9 Å². The normalized spacial score (nSPS) is 12.6. The van der Waals surface area contributed by atoms with Gasteiger partial charge in [-0.2, -0.15) is 0 Å². The van der Waals surface area contributed by atoms with Crippen molar-refractivity contribution in [2.45, 2.75) is 25.0 Å². The van der Waals surface area contributed by atoms with E-state index in [0.717, 1.165) is 22.3 Å². The molecule has 0 saturated carbocycles. The Morgan fingerprint density at radius 3 is 1.20 bits per heavy atom. The molecule has 0 saturated heterocycles. The van der Waals surface area contributed by atoms with Gasteiger partial charge in [-0.05, 0) is 22.3 Å². The third kappa shape index (κ3) is 6.37. The topological polar surface area (TPSA) is 95.5 Å². The second-order valence-corrected chi connectivity index (χ2v) is 8.19. The molecule has 0 heterocycles. The summed E-state index contributed by atoms with van der Waals surface area (Å²) in [5.41, 5.74) is 3.93. The maximum atomic E-state index is 11.0. The van der Waals surface area contributed by atoms with E-state index in [1.165, 1.54) is 24.3 Å². The van der Waals surface area contributed by atoms with Crippen LogP contribution in [0.4, 0.5) is 11.4 Å². The molecule has 7 heteroatoms. The fourth-order valence-electron chi connectivity index (χ4n) is 3.96. The molecule has 0 aliphatic rings. The molecule has 2 unspecified atom stereocenters. The fraction of sp³-hybridized carbons (Fsp3) is 0.143. The zero-order chi connectivity index (χ0) is 24.6. The minimum atomic E-state index is -0.412. The number of ether oxygens (including phenoxy) is 1. The molecule has 0 fully saturated rings. The van der Waals surface area contributed by atoms with E-state index in [9.17, 15) is 20.2 Å². The molecule has 0 radical (unpaired) electrons. The van der Waals surface area contributed by atoms with Gasteiger partial charge in [0.25, 0.3) is 11.4 Å². The summed E-state index contributed by atoms with van der Waals surface area (Å²) < 4.78 is 6.72. The van der Waals surface area contributed by atoms with Crippen LogP contribution in [-0.2, 0) is 17.6 Å². The van der Waals surface area contributed by atoms with Crippen LogP contribution in [0.5, 0.6) is 0 Å². The average Bonchev–Trinajstić information content (AvgIpc) is 2.89. The van der Waals surface area contributed by atoms with Crippen LogP contribution < -0.4 is 0 Å². The van der Waals surface area contributed by atoms with Crippen LogP contribution in [0.15, 0.2) is 109 Å². The van der Waals surface area contributed by atoms with Gasteiger partial charge < -0.3 is 4.74 Å². The van der Waals surface area contributed by atoms with Crippen LogP contribution in [0.1, 0.15) is 34.5 Å². The number of hydrogen-bond donors (Lipinski definition) is 0. The fourth-order valence-corrected chi connectivity index (χ4v) is 3.96. The van der Waals surface area contributed by atoms with E-state index in [1.54, 1.807) is 24.3 Å². The minimum absolute atomic E-state index is 0.0475. The first-order valence-electron chi connectivity index (χ1n) is 11.2. The van der Waals surface area contributed by atoms with Crippen molar-refractivity contribution in [1.82, 2.24) is 0 Å². The Bertz CT molecular complexity index is 1160. The molecular weight excluding hydrogens is 444 g/mol. The molecule has 0 amide bonds. The smallest absolute Gasteiger partial charge is 0.269 e. The first-order chi connectivity index (χ1) is 17.0. The number of rotatable bonds is 10. The molecule has 176 valence electrons. The van der Waals surface area contributed by atoms with Gasteiger partial charge in [0.05, 0.1) is 22.1 Å². The molecule has 0 spiro atoms. The lowest BCUT2D eigenvalue weighted by molar-refractivity contribution is -0.385. The Morgan fingerprint density at radius 2 is 0.886 bits per heavy atom. The van der Waals surface area contributed by atoms with Gasteiger partial charge in [-0.25, -0.2) is 0 Å². The van der Waals surface area contributed by atoms with Crippen LogP contribution in [0.25, 0.3) is 0 Å². The van der Waals surface area contributed by atoms with E-state index in [4.69, 9.17) is 4.74 Å². The van der Waals surface area contributed by atoms with E-state index in [-0.39, 0.29) is 23.6 Å². The standard InChI is InChI=1S/C28H24N2O5/c31-29(32)25-15-11-21(12-16-25)19-27(23-7-3-1-4-8-23)35-28(24-9-5-2-6-10-24)20-22-13-17-26(18-14-22)30(33)34/h1-18,27-28H,19-20H2. The van der Waals surface area contributed by atoms with E-state index in [2.05, 4.69) is 0 Å². The van der Waals surface area contributed by atoms with Gasteiger partial charge in [0.2, 0.25) is 0 Å². The molecule has 4 aromatic carbocycles. The van der Waals surface area contributed by atoms with Crippen LogP contribution in [0.2, 0.25) is 0 Å². The summed E-state index contributed by atoms with van der Waals surface area (Å²) in [5, 5.41) is 22.1. The number of benzene rings is 4. The van der Waals surface area contributed by atoms with Crippen molar-refractivity contribution in [2.75, 3.05) is 0 Å². The summed E-state index contributed by atoms with van der Waals surface area (Å²) in [5.74, 6) is 0. The summed E-state index contributed by atoms with van der Waals surface area (Å²) in [4.78, 5) is 21.2. The third-order valence-corrected chi connectivity index (χ3v) is 5.81. The molecule has 2 atom stereocenters. The lowest BCUT2D eigenvalue weighted by Crippen LogP contribution is -2.15. The Balaban J connectivity index is 1.63. The van der Waals surface area contributed by atoms with Crippen molar-refractivity contribution < 1.29 is 14.6 Å². The van der Waals surface area contributed by atoms with Crippen molar-refractivity contribution >= 4 is 11.4 Å².